The molecule has 8 heteroatoms. The molecule has 6 nitrogen and oxygen atoms in total. The summed E-state index contributed by atoms with van der Waals surface area (Å²) in [5.41, 5.74) is 4.89. The lowest BCUT2D eigenvalue weighted by molar-refractivity contribution is -0.130. The van der Waals surface area contributed by atoms with Crippen molar-refractivity contribution in [2.75, 3.05) is 18.4 Å². The molecule has 1 aliphatic heterocycles. The standard InChI is InChI=1S/C18H19Cl2N5O/c1-3-21-13-6-12(19)17(20)18-16(13)15(11-7-22-23-8-11)14-9-24(10(2)26)4-5-25(14)18/h6-8,21H,3-5,9H2,1-2H3,(H,22,23). The van der Waals surface area contributed by atoms with Crippen LogP contribution in [0.25, 0.3) is 22.0 Å². The highest BCUT2D eigenvalue weighted by Gasteiger charge is 2.29. The molecule has 4 rings (SSSR count). The van der Waals surface area contributed by atoms with Crippen molar-refractivity contribution < 1.29 is 4.79 Å². The lowest BCUT2D eigenvalue weighted by Gasteiger charge is -2.29. The lowest BCUT2D eigenvalue weighted by Crippen LogP contribution is -2.36. The number of rotatable bonds is 3. The van der Waals surface area contributed by atoms with E-state index in [-0.39, 0.29) is 5.91 Å². The minimum absolute atomic E-state index is 0.0654. The summed E-state index contributed by atoms with van der Waals surface area (Å²) in [4.78, 5) is 13.8. The van der Waals surface area contributed by atoms with Crippen molar-refractivity contribution >= 4 is 45.7 Å². The van der Waals surface area contributed by atoms with Gasteiger partial charge in [-0.3, -0.25) is 9.89 Å². The molecular weight excluding hydrogens is 373 g/mol. The average molecular weight is 392 g/mol. The van der Waals surface area contributed by atoms with Crippen molar-refractivity contribution in [3.8, 4) is 11.1 Å². The number of nitrogens with zero attached hydrogens (tertiary/aromatic N) is 3. The number of aromatic nitrogens is 3. The Morgan fingerprint density at radius 1 is 1.38 bits per heavy atom. The molecular formula is C18H19Cl2N5O. The number of benzene rings is 1. The highest BCUT2D eigenvalue weighted by molar-refractivity contribution is 6.46. The lowest BCUT2D eigenvalue weighted by atomic mass is 10.0. The van der Waals surface area contributed by atoms with Crippen LogP contribution in [-0.4, -0.2) is 38.7 Å². The molecule has 0 bridgehead atoms. The predicted molar refractivity (Wildman–Crippen MR) is 105 cm³/mol. The smallest absolute Gasteiger partial charge is 0.219 e. The van der Waals surface area contributed by atoms with E-state index in [0.717, 1.165) is 40.0 Å². The molecule has 0 radical (unpaired) electrons. The highest BCUT2D eigenvalue weighted by atomic mass is 35.5. The van der Waals surface area contributed by atoms with E-state index in [1.807, 2.05) is 24.1 Å². The van der Waals surface area contributed by atoms with Crippen LogP contribution in [0.5, 0.6) is 0 Å². The molecule has 26 heavy (non-hydrogen) atoms. The van der Waals surface area contributed by atoms with Crippen molar-refractivity contribution in [2.45, 2.75) is 26.9 Å². The fourth-order valence-corrected chi connectivity index (χ4v) is 4.17. The van der Waals surface area contributed by atoms with Crippen LogP contribution in [-0.2, 0) is 17.9 Å². The van der Waals surface area contributed by atoms with Crippen LogP contribution in [0.2, 0.25) is 10.0 Å². The van der Waals surface area contributed by atoms with Gasteiger partial charge in [0, 0.05) is 60.6 Å². The minimum Gasteiger partial charge on any atom is -0.385 e. The molecule has 0 fully saturated rings. The molecule has 1 aliphatic rings. The third-order valence-corrected chi connectivity index (χ3v) is 5.64. The van der Waals surface area contributed by atoms with Gasteiger partial charge in [-0.1, -0.05) is 23.2 Å². The summed E-state index contributed by atoms with van der Waals surface area (Å²) in [6, 6.07) is 1.87. The summed E-state index contributed by atoms with van der Waals surface area (Å²) in [6.07, 6.45) is 3.65. The fourth-order valence-electron chi connectivity index (χ4n) is 3.72. The first-order valence-electron chi connectivity index (χ1n) is 8.54. The number of hydrogen-bond acceptors (Lipinski definition) is 3. The molecule has 2 N–H and O–H groups in total. The Hall–Kier alpha value is -2.18. The van der Waals surface area contributed by atoms with Gasteiger partial charge in [-0.15, -0.1) is 0 Å². The van der Waals surface area contributed by atoms with Crippen molar-refractivity contribution in [3.05, 3.63) is 34.2 Å². The van der Waals surface area contributed by atoms with E-state index in [1.165, 1.54) is 0 Å². The van der Waals surface area contributed by atoms with E-state index in [1.54, 1.807) is 13.1 Å². The van der Waals surface area contributed by atoms with Crippen molar-refractivity contribution in [3.63, 3.8) is 0 Å². The number of aromatic amines is 1. The molecule has 136 valence electrons. The Morgan fingerprint density at radius 3 is 2.85 bits per heavy atom. The van der Waals surface area contributed by atoms with E-state index >= 15 is 0 Å². The van der Waals surface area contributed by atoms with Crippen molar-refractivity contribution in [1.29, 1.82) is 0 Å². The summed E-state index contributed by atoms with van der Waals surface area (Å²) >= 11 is 13.0. The number of H-pyrrole nitrogens is 1. The first-order chi connectivity index (χ1) is 12.5. The zero-order valence-electron chi connectivity index (χ0n) is 14.6. The predicted octanol–water partition coefficient (Wildman–Crippen LogP) is 4.13. The van der Waals surface area contributed by atoms with Crippen LogP contribution in [0.15, 0.2) is 18.5 Å². The van der Waals surface area contributed by atoms with Gasteiger partial charge in [-0.25, -0.2) is 0 Å². The maximum Gasteiger partial charge on any atom is 0.219 e. The van der Waals surface area contributed by atoms with E-state index in [9.17, 15) is 4.79 Å². The molecule has 3 heterocycles. The number of carbonyl (C=O) groups is 1. The van der Waals surface area contributed by atoms with Gasteiger partial charge in [0.25, 0.3) is 0 Å². The molecule has 0 saturated carbocycles. The molecule has 0 aliphatic carbocycles. The normalized spacial score (nSPS) is 13.9. The number of anilines is 1. The van der Waals surface area contributed by atoms with Crippen LogP contribution in [0, 0.1) is 0 Å². The molecule has 0 unspecified atom stereocenters. The Labute approximate surface area is 161 Å². The molecule has 0 saturated heterocycles. The quantitative estimate of drug-likeness (QED) is 0.705. The largest absolute Gasteiger partial charge is 0.385 e. The van der Waals surface area contributed by atoms with Gasteiger partial charge in [0.15, 0.2) is 0 Å². The number of amides is 1. The third-order valence-electron chi connectivity index (χ3n) is 4.86. The summed E-state index contributed by atoms with van der Waals surface area (Å²) in [6.45, 7) is 6.26. The van der Waals surface area contributed by atoms with E-state index in [2.05, 4.69) is 20.1 Å². The number of nitrogens with one attached hydrogen (secondary N) is 2. The Bertz CT molecular complexity index is 993. The van der Waals surface area contributed by atoms with Crippen LogP contribution in [0.4, 0.5) is 5.69 Å². The molecule has 0 spiro atoms. The third kappa shape index (κ3) is 2.56. The van der Waals surface area contributed by atoms with E-state index in [0.29, 0.717) is 29.7 Å². The summed E-state index contributed by atoms with van der Waals surface area (Å²) in [7, 11) is 0. The second kappa shape index (κ2) is 6.52. The van der Waals surface area contributed by atoms with Crippen molar-refractivity contribution in [1.82, 2.24) is 19.7 Å². The maximum atomic E-state index is 12.0. The average Bonchev–Trinajstić information content (AvgIpc) is 3.24. The molecule has 1 amide bonds. The van der Waals surface area contributed by atoms with Crippen LogP contribution in [0.1, 0.15) is 19.5 Å². The van der Waals surface area contributed by atoms with Gasteiger partial charge in [-0.2, -0.15) is 5.10 Å². The molecule has 0 atom stereocenters. The molecule has 3 aromatic rings. The summed E-state index contributed by atoms with van der Waals surface area (Å²) in [5, 5.41) is 12.5. The second-order valence-corrected chi connectivity index (χ2v) is 7.16. The minimum atomic E-state index is 0.0654. The molecule has 2 aromatic heterocycles. The highest BCUT2D eigenvalue weighted by Crippen LogP contribution is 2.46. The number of fused-ring (bicyclic) bond motifs is 3. The molecule has 1 aromatic carbocycles. The second-order valence-electron chi connectivity index (χ2n) is 6.37. The first kappa shape index (κ1) is 17.2. The van der Waals surface area contributed by atoms with Crippen LogP contribution in [0.3, 0.4) is 0 Å². The van der Waals surface area contributed by atoms with Gasteiger partial charge >= 0.3 is 0 Å². The van der Waals surface area contributed by atoms with E-state index in [4.69, 9.17) is 23.2 Å². The summed E-state index contributed by atoms with van der Waals surface area (Å²) < 4.78 is 2.19. The maximum absolute atomic E-state index is 12.0. The van der Waals surface area contributed by atoms with Gasteiger partial charge < -0.3 is 14.8 Å². The fraction of sp³-hybridized carbons (Fsp3) is 0.333. The van der Waals surface area contributed by atoms with E-state index < -0.39 is 0 Å². The van der Waals surface area contributed by atoms with Gasteiger partial charge in [0.1, 0.15) is 0 Å². The Morgan fingerprint density at radius 2 is 2.19 bits per heavy atom. The number of halogens is 2. The van der Waals surface area contributed by atoms with Gasteiger partial charge in [0.05, 0.1) is 28.3 Å². The van der Waals surface area contributed by atoms with Gasteiger partial charge in [0.2, 0.25) is 5.91 Å². The van der Waals surface area contributed by atoms with Crippen LogP contribution >= 0.6 is 23.2 Å². The zero-order chi connectivity index (χ0) is 18.4. The summed E-state index contributed by atoms with van der Waals surface area (Å²) in [5.74, 6) is 0.0654. The number of carbonyl (C=O) groups excluding carboxylic acids is 1. The van der Waals surface area contributed by atoms with Gasteiger partial charge in [-0.05, 0) is 13.0 Å². The SMILES string of the molecule is CCNc1cc(Cl)c(Cl)c2c1c(-c1cn[nH]c1)c1n2CCN(C(C)=O)C1. The monoisotopic (exact) mass is 391 g/mol. The first-order valence-corrected chi connectivity index (χ1v) is 9.30. The Balaban J connectivity index is 2.09. The zero-order valence-corrected chi connectivity index (χ0v) is 16.1. The Kier molecular flexibility index (Phi) is 4.32. The topological polar surface area (TPSA) is 66.0 Å². The number of hydrogen-bond donors (Lipinski definition) is 2. The van der Waals surface area contributed by atoms with Crippen LogP contribution < -0.4 is 5.32 Å². The van der Waals surface area contributed by atoms with Crippen molar-refractivity contribution in [2.24, 2.45) is 0 Å².